The van der Waals surface area contributed by atoms with Gasteiger partial charge in [0.1, 0.15) is 17.2 Å². The van der Waals surface area contributed by atoms with Crippen molar-refractivity contribution in [2.45, 2.75) is 13.8 Å². The minimum Gasteiger partial charge on any atom is -0.456 e. The smallest absolute Gasteiger partial charge is 0.274 e. The lowest BCUT2D eigenvalue weighted by Crippen LogP contribution is -2.14. The van der Waals surface area contributed by atoms with Crippen LogP contribution in [0.25, 0.3) is 0 Å². The normalized spacial score (nSPS) is 10.4. The predicted octanol–water partition coefficient (Wildman–Crippen LogP) is 4.79. The maximum atomic E-state index is 12.3. The summed E-state index contributed by atoms with van der Waals surface area (Å²) in [6.07, 6.45) is 1.63. The van der Waals surface area contributed by atoms with Gasteiger partial charge in [-0.05, 0) is 50.2 Å². The van der Waals surface area contributed by atoms with E-state index in [0.29, 0.717) is 27.9 Å². The number of anilines is 1. The molecule has 1 aromatic carbocycles. The van der Waals surface area contributed by atoms with Crippen LogP contribution in [-0.4, -0.2) is 15.9 Å². The molecular formula is C19H16ClN3O2. The second-order valence-corrected chi connectivity index (χ2v) is 5.97. The third-order valence-electron chi connectivity index (χ3n) is 3.37. The average Bonchev–Trinajstić information content (AvgIpc) is 2.56. The molecule has 0 unspecified atom stereocenters. The first-order valence-electron chi connectivity index (χ1n) is 7.66. The van der Waals surface area contributed by atoms with E-state index in [1.54, 1.807) is 36.5 Å². The van der Waals surface area contributed by atoms with E-state index in [1.165, 1.54) is 0 Å². The molecule has 25 heavy (non-hydrogen) atoms. The highest BCUT2D eigenvalue weighted by Crippen LogP contribution is 2.28. The summed E-state index contributed by atoms with van der Waals surface area (Å²) in [5.74, 6) is 0.782. The summed E-state index contributed by atoms with van der Waals surface area (Å²) in [5, 5.41) is 3.23. The number of amides is 1. The zero-order valence-corrected chi connectivity index (χ0v) is 14.5. The minimum absolute atomic E-state index is 0.311. The summed E-state index contributed by atoms with van der Waals surface area (Å²) in [6, 6.07) is 14.0. The van der Waals surface area contributed by atoms with E-state index in [4.69, 9.17) is 16.3 Å². The summed E-state index contributed by atoms with van der Waals surface area (Å²) in [5.41, 5.74) is 2.53. The molecule has 0 aliphatic heterocycles. The van der Waals surface area contributed by atoms with Crippen molar-refractivity contribution in [3.63, 3.8) is 0 Å². The first-order chi connectivity index (χ1) is 12.0. The highest BCUT2D eigenvalue weighted by Gasteiger charge is 2.10. The second kappa shape index (κ2) is 7.32. The molecule has 126 valence electrons. The number of aromatic nitrogens is 2. The lowest BCUT2D eigenvalue weighted by molar-refractivity contribution is 0.102. The lowest BCUT2D eigenvalue weighted by Gasteiger charge is -2.10. The fraction of sp³-hybridized carbons (Fsp3) is 0.105. The Morgan fingerprint density at radius 2 is 1.88 bits per heavy atom. The van der Waals surface area contributed by atoms with Gasteiger partial charge in [0.25, 0.3) is 5.91 Å². The molecule has 5 nitrogen and oxygen atoms in total. The molecule has 2 aromatic heterocycles. The number of pyridine rings is 2. The predicted molar refractivity (Wildman–Crippen MR) is 97.4 cm³/mol. The van der Waals surface area contributed by atoms with E-state index in [0.717, 1.165) is 11.4 Å². The number of rotatable bonds is 4. The zero-order chi connectivity index (χ0) is 17.8. The number of halogens is 1. The van der Waals surface area contributed by atoms with Gasteiger partial charge in [0.15, 0.2) is 0 Å². The highest BCUT2D eigenvalue weighted by molar-refractivity contribution is 6.31. The van der Waals surface area contributed by atoms with Crippen LogP contribution in [-0.2, 0) is 0 Å². The molecule has 0 bridgehead atoms. The maximum Gasteiger partial charge on any atom is 0.274 e. The number of hydrogen-bond acceptors (Lipinski definition) is 4. The number of carbonyl (C=O) groups excluding carboxylic acids is 1. The summed E-state index contributed by atoms with van der Waals surface area (Å²) in [7, 11) is 0. The van der Waals surface area contributed by atoms with Crippen LogP contribution in [0.2, 0.25) is 5.02 Å². The molecule has 3 aromatic rings. The highest BCUT2D eigenvalue weighted by atomic mass is 35.5. The van der Waals surface area contributed by atoms with Crippen LogP contribution in [0, 0.1) is 13.8 Å². The molecule has 0 fully saturated rings. The van der Waals surface area contributed by atoms with Gasteiger partial charge in [0.2, 0.25) is 0 Å². The van der Waals surface area contributed by atoms with E-state index >= 15 is 0 Å². The van der Waals surface area contributed by atoms with Gasteiger partial charge in [-0.25, -0.2) is 4.98 Å². The number of hydrogen-bond donors (Lipinski definition) is 1. The topological polar surface area (TPSA) is 64.1 Å². The van der Waals surface area contributed by atoms with E-state index in [2.05, 4.69) is 15.3 Å². The molecule has 0 saturated heterocycles. The van der Waals surface area contributed by atoms with Gasteiger partial charge in [-0.1, -0.05) is 17.7 Å². The molecule has 2 heterocycles. The van der Waals surface area contributed by atoms with E-state index in [1.807, 2.05) is 32.0 Å². The molecular weight excluding hydrogens is 338 g/mol. The molecule has 3 rings (SSSR count). The molecule has 1 amide bonds. The lowest BCUT2D eigenvalue weighted by atomic mass is 10.2. The summed E-state index contributed by atoms with van der Waals surface area (Å²) in [4.78, 5) is 20.7. The monoisotopic (exact) mass is 353 g/mol. The van der Waals surface area contributed by atoms with Gasteiger partial charge in [0, 0.05) is 28.2 Å². The molecule has 0 aliphatic carbocycles. The Kier molecular flexibility index (Phi) is 4.95. The fourth-order valence-corrected chi connectivity index (χ4v) is 2.43. The van der Waals surface area contributed by atoms with Crippen molar-refractivity contribution in [1.29, 1.82) is 0 Å². The standard InChI is InChI=1S/C19H16ClN3O2/c1-12-6-7-16(11-21-12)25-17-9-14(20)8-15(10-17)23-19(24)18-5-3-4-13(2)22-18/h3-11H,1-2H3,(H,23,24). The zero-order valence-electron chi connectivity index (χ0n) is 13.8. The summed E-state index contributed by atoms with van der Waals surface area (Å²) >= 11 is 6.13. The van der Waals surface area contributed by atoms with Crippen molar-refractivity contribution in [2.24, 2.45) is 0 Å². The number of ether oxygens (including phenoxy) is 1. The Bertz CT molecular complexity index is 911. The van der Waals surface area contributed by atoms with Crippen LogP contribution in [0.1, 0.15) is 21.9 Å². The van der Waals surface area contributed by atoms with Crippen molar-refractivity contribution >= 4 is 23.2 Å². The number of nitrogens with one attached hydrogen (secondary N) is 1. The Morgan fingerprint density at radius 1 is 1.04 bits per heavy atom. The van der Waals surface area contributed by atoms with Gasteiger partial charge in [0.05, 0.1) is 6.20 Å². The van der Waals surface area contributed by atoms with Crippen LogP contribution in [0.3, 0.4) is 0 Å². The Balaban J connectivity index is 1.79. The number of nitrogens with zero attached hydrogens (tertiary/aromatic N) is 2. The van der Waals surface area contributed by atoms with Gasteiger partial charge < -0.3 is 10.1 Å². The molecule has 0 spiro atoms. The maximum absolute atomic E-state index is 12.3. The fourth-order valence-electron chi connectivity index (χ4n) is 2.21. The molecule has 1 N–H and O–H groups in total. The third-order valence-corrected chi connectivity index (χ3v) is 3.59. The Hall–Kier alpha value is -2.92. The SMILES string of the molecule is Cc1ccc(Oc2cc(Cl)cc(NC(=O)c3cccc(C)n3)c2)cn1. The van der Waals surface area contributed by atoms with E-state index < -0.39 is 0 Å². The van der Waals surface area contributed by atoms with Crippen molar-refractivity contribution in [2.75, 3.05) is 5.32 Å². The molecule has 0 aliphatic rings. The second-order valence-electron chi connectivity index (χ2n) is 5.53. The van der Waals surface area contributed by atoms with Crippen LogP contribution >= 0.6 is 11.6 Å². The number of benzene rings is 1. The van der Waals surface area contributed by atoms with Crippen LogP contribution < -0.4 is 10.1 Å². The summed E-state index contributed by atoms with van der Waals surface area (Å²) < 4.78 is 5.75. The first kappa shape index (κ1) is 16.9. The van der Waals surface area contributed by atoms with Crippen molar-refractivity contribution in [3.8, 4) is 11.5 Å². The van der Waals surface area contributed by atoms with Gasteiger partial charge in [-0.2, -0.15) is 0 Å². The van der Waals surface area contributed by atoms with E-state index in [-0.39, 0.29) is 5.91 Å². The van der Waals surface area contributed by atoms with Gasteiger partial charge in [-0.15, -0.1) is 0 Å². The largest absolute Gasteiger partial charge is 0.456 e. The summed E-state index contributed by atoms with van der Waals surface area (Å²) in [6.45, 7) is 3.73. The van der Waals surface area contributed by atoms with Crippen molar-refractivity contribution in [1.82, 2.24) is 9.97 Å². The Morgan fingerprint density at radius 3 is 2.60 bits per heavy atom. The minimum atomic E-state index is -0.311. The molecule has 6 heteroatoms. The van der Waals surface area contributed by atoms with Crippen molar-refractivity contribution < 1.29 is 9.53 Å². The third kappa shape index (κ3) is 4.55. The molecule has 0 radical (unpaired) electrons. The van der Waals surface area contributed by atoms with Crippen LogP contribution in [0.15, 0.2) is 54.7 Å². The van der Waals surface area contributed by atoms with Crippen LogP contribution in [0.4, 0.5) is 5.69 Å². The molecule has 0 atom stereocenters. The van der Waals surface area contributed by atoms with E-state index in [9.17, 15) is 4.79 Å². The Labute approximate surface area is 150 Å². The number of aryl methyl sites for hydroxylation is 2. The van der Waals surface area contributed by atoms with Crippen molar-refractivity contribution in [3.05, 3.63) is 76.8 Å². The quantitative estimate of drug-likeness (QED) is 0.732. The average molecular weight is 354 g/mol. The van der Waals surface area contributed by atoms with Crippen LogP contribution in [0.5, 0.6) is 11.5 Å². The first-order valence-corrected chi connectivity index (χ1v) is 8.03. The molecule has 0 saturated carbocycles. The number of carbonyl (C=O) groups is 1. The van der Waals surface area contributed by atoms with Gasteiger partial charge >= 0.3 is 0 Å². The van der Waals surface area contributed by atoms with Gasteiger partial charge in [-0.3, -0.25) is 9.78 Å².